The number of aromatic nitrogens is 2. The van der Waals surface area contributed by atoms with Gasteiger partial charge in [0, 0.05) is 5.75 Å². The zero-order valence-corrected chi connectivity index (χ0v) is 16.1. The van der Waals surface area contributed by atoms with Crippen molar-refractivity contribution < 1.29 is 9.53 Å². The second-order valence-corrected chi connectivity index (χ2v) is 7.74. The van der Waals surface area contributed by atoms with Crippen molar-refractivity contribution >= 4 is 34.1 Å². The minimum atomic E-state index is -0.554. The summed E-state index contributed by atoms with van der Waals surface area (Å²) in [4.78, 5) is 12.5. The third-order valence-corrected chi connectivity index (χ3v) is 5.73. The number of hydrogen-bond donors (Lipinski definition) is 1. The molecule has 0 aliphatic rings. The normalized spacial score (nSPS) is 12.0. The van der Waals surface area contributed by atoms with Crippen molar-refractivity contribution in [3.8, 4) is 5.75 Å². The van der Waals surface area contributed by atoms with Gasteiger partial charge in [0.15, 0.2) is 10.4 Å². The summed E-state index contributed by atoms with van der Waals surface area (Å²) in [5.74, 6) is 1.55. The Kier molecular flexibility index (Phi) is 7.05. The lowest BCUT2D eigenvalue weighted by atomic mass is 10.1. The number of anilines is 1. The Balaban J connectivity index is 2.01. The van der Waals surface area contributed by atoms with Crippen molar-refractivity contribution in [1.29, 1.82) is 0 Å². The molecular weight excluding hydrogens is 342 g/mol. The van der Waals surface area contributed by atoms with E-state index in [-0.39, 0.29) is 5.91 Å². The molecule has 0 aliphatic carbocycles. The third kappa shape index (κ3) is 4.95. The van der Waals surface area contributed by atoms with E-state index in [4.69, 9.17) is 4.74 Å². The van der Waals surface area contributed by atoms with Crippen molar-refractivity contribution in [2.45, 2.75) is 51.0 Å². The smallest absolute Gasteiger partial charge is 0.267 e. The summed E-state index contributed by atoms with van der Waals surface area (Å²) in [5, 5.41) is 11.4. The molecule has 1 aromatic heterocycles. The molecule has 7 heteroatoms. The lowest BCUT2D eigenvalue weighted by Gasteiger charge is -2.18. The van der Waals surface area contributed by atoms with E-state index in [1.807, 2.05) is 39.0 Å². The Morgan fingerprint density at radius 2 is 2.12 bits per heavy atom. The number of amides is 1. The fraction of sp³-hybridized carbons (Fsp3) is 0.471. The van der Waals surface area contributed by atoms with Crippen molar-refractivity contribution in [1.82, 2.24) is 10.2 Å². The molecule has 1 N–H and O–H groups in total. The van der Waals surface area contributed by atoms with Gasteiger partial charge in [0.2, 0.25) is 5.13 Å². The van der Waals surface area contributed by atoms with Crippen LogP contribution in [0.3, 0.4) is 0 Å². The first-order chi connectivity index (χ1) is 11.5. The first-order valence-electron chi connectivity index (χ1n) is 8.05. The van der Waals surface area contributed by atoms with Crippen LogP contribution in [-0.4, -0.2) is 28.0 Å². The second kappa shape index (κ2) is 9.03. The topological polar surface area (TPSA) is 64.1 Å². The van der Waals surface area contributed by atoms with Gasteiger partial charge >= 0.3 is 0 Å². The molecule has 1 unspecified atom stereocenters. The predicted octanol–water partition coefficient (Wildman–Crippen LogP) is 4.45. The van der Waals surface area contributed by atoms with Gasteiger partial charge in [-0.1, -0.05) is 49.1 Å². The van der Waals surface area contributed by atoms with E-state index >= 15 is 0 Å². The number of hydrogen-bond acceptors (Lipinski definition) is 6. The van der Waals surface area contributed by atoms with E-state index in [1.165, 1.54) is 11.3 Å². The van der Waals surface area contributed by atoms with E-state index in [2.05, 4.69) is 22.4 Å². The quantitative estimate of drug-likeness (QED) is 0.553. The third-order valence-electron chi connectivity index (χ3n) is 3.55. The molecule has 0 saturated heterocycles. The zero-order chi connectivity index (χ0) is 17.5. The Morgan fingerprint density at radius 3 is 2.83 bits per heavy atom. The molecule has 130 valence electrons. The second-order valence-electron chi connectivity index (χ2n) is 5.42. The SMILES string of the molecule is CCCSc1nnc(NC(=O)C(CC)Oc2cccc(C)c2C)s1. The Hall–Kier alpha value is -1.60. The van der Waals surface area contributed by atoms with E-state index in [9.17, 15) is 4.79 Å². The number of nitrogens with one attached hydrogen (secondary N) is 1. The minimum absolute atomic E-state index is 0.193. The molecule has 0 spiro atoms. The van der Waals surface area contributed by atoms with Crippen molar-refractivity contribution in [2.24, 2.45) is 0 Å². The van der Waals surface area contributed by atoms with Gasteiger partial charge in [0.25, 0.3) is 5.91 Å². The number of nitrogens with zero attached hydrogens (tertiary/aromatic N) is 2. The van der Waals surface area contributed by atoms with Crippen LogP contribution in [0.25, 0.3) is 0 Å². The molecule has 0 radical (unpaired) electrons. The van der Waals surface area contributed by atoms with Gasteiger partial charge in [0.1, 0.15) is 5.75 Å². The predicted molar refractivity (Wildman–Crippen MR) is 100 cm³/mol. The first-order valence-corrected chi connectivity index (χ1v) is 9.85. The maximum Gasteiger partial charge on any atom is 0.267 e. The molecule has 2 aromatic rings. The average molecular weight is 366 g/mol. The van der Waals surface area contributed by atoms with Gasteiger partial charge in [-0.3, -0.25) is 10.1 Å². The Morgan fingerprint density at radius 1 is 1.33 bits per heavy atom. The van der Waals surface area contributed by atoms with Crippen molar-refractivity contribution in [3.05, 3.63) is 29.3 Å². The number of aryl methyl sites for hydroxylation is 1. The van der Waals surface area contributed by atoms with Gasteiger partial charge in [-0.2, -0.15) is 0 Å². The average Bonchev–Trinajstić information content (AvgIpc) is 3.01. The van der Waals surface area contributed by atoms with E-state index < -0.39 is 6.10 Å². The largest absolute Gasteiger partial charge is 0.480 e. The zero-order valence-electron chi connectivity index (χ0n) is 14.5. The molecule has 1 heterocycles. The van der Waals surface area contributed by atoms with Crippen molar-refractivity contribution in [3.63, 3.8) is 0 Å². The van der Waals surface area contributed by atoms with Crippen molar-refractivity contribution in [2.75, 3.05) is 11.1 Å². The van der Waals surface area contributed by atoms with Crippen LogP contribution in [-0.2, 0) is 4.79 Å². The molecule has 0 saturated carbocycles. The molecule has 0 aliphatic heterocycles. The van der Waals surface area contributed by atoms with E-state index in [0.717, 1.165) is 33.4 Å². The fourth-order valence-corrected chi connectivity index (χ4v) is 3.70. The summed E-state index contributed by atoms with van der Waals surface area (Å²) >= 11 is 3.05. The number of rotatable bonds is 8. The number of carbonyl (C=O) groups is 1. The fourth-order valence-electron chi connectivity index (χ4n) is 2.02. The van der Waals surface area contributed by atoms with Gasteiger partial charge in [-0.15, -0.1) is 10.2 Å². The molecule has 2 rings (SSSR count). The van der Waals surface area contributed by atoms with Crippen LogP contribution in [0.4, 0.5) is 5.13 Å². The van der Waals surface area contributed by atoms with Crippen LogP contribution < -0.4 is 10.1 Å². The molecule has 5 nitrogen and oxygen atoms in total. The Labute approximate surface area is 151 Å². The standard InChI is InChI=1S/C17H23N3O2S2/c1-5-10-23-17-20-19-16(24-17)18-15(21)13(6-2)22-14-9-7-8-11(3)12(14)4/h7-9,13H,5-6,10H2,1-4H3,(H,18,19,21). The number of carbonyl (C=O) groups excluding carboxylic acids is 1. The monoisotopic (exact) mass is 365 g/mol. The number of benzene rings is 1. The van der Waals surface area contributed by atoms with Crippen LogP contribution in [0.15, 0.2) is 22.5 Å². The molecule has 1 atom stereocenters. The van der Waals surface area contributed by atoms with E-state index in [1.54, 1.807) is 11.8 Å². The van der Waals surface area contributed by atoms with E-state index in [0.29, 0.717) is 11.6 Å². The Bertz CT molecular complexity index is 688. The molecule has 1 amide bonds. The lowest BCUT2D eigenvalue weighted by molar-refractivity contribution is -0.122. The summed E-state index contributed by atoms with van der Waals surface area (Å²) in [5.41, 5.74) is 2.20. The van der Waals surface area contributed by atoms with Gasteiger partial charge in [0.05, 0.1) is 0 Å². The summed E-state index contributed by atoms with van der Waals surface area (Å²) in [7, 11) is 0. The van der Waals surface area contributed by atoms with Crippen LogP contribution in [0.1, 0.15) is 37.8 Å². The first kappa shape index (κ1) is 18.7. The van der Waals surface area contributed by atoms with Gasteiger partial charge in [-0.25, -0.2) is 0 Å². The van der Waals surface area contributed by atoms with Crippen LogP contribution in [0.5, 0.6) is 5.75 Å². The summed E-state index contributed by atoms with van der Waals surface area (Å²) < 4.78 is 6.79. The highest BCUT2D eigenvalue weighted by Crippen LogP contribution is 2.27. The van der Waals surface area contributed by atoms with Crippen LogP contribution in [0, 0.1) is 13.8 Å². The molecular formula is C17H23N3O2S2. The minimum Gasteiger partial charge on any atom is -0.480 e. The number of ether oxygens (including phenoxy) is 1. The molecule has 0 fully saturated rings. The highest BCUT2D eigenvalue weighted by molar-refractivity contribution is 8.01. The highest BCUT2D eigenvalue weighted by atomic mass is 32.2. The highest BCUT2D eigenvalue weighted by Gasteiger charge is 2.21. The summed E-state index contributed by atoms with van der Waals surface area (Å²) in [6, 6.07) is 5.85. The van der Waals surface area contributed by atoms with Crippen LogP contribution in [0.2, 0.25) is 0 Å². The summed E-state index contributed by atoms with van der Waals surface area (Å²) in [6.45, 7) is 8.07. The maximum atomic E-state index is 12.5. The molecule has 1 aromatic carbocycles. The maximum absolute atomic E-state index is 12.5. The molecule has 24 heavy (non-hydrogen) atoms. The van der Waals surface area contributed by atoms with Gasteiger partial charge < -0.3 is 4.74 Å². The van der Waals surface area contributed by atoms with Crippen LogP contribution >= 0.6 is 23.1 Å². The molecule has 0 bridgehead atoms. The van der Waals surface area contributed by atoms with Gasteiger partial charge in [-0.05, 0) is 43.9 Å². The number of thioether (sulfide) groups is 1. The summed E-state index contributed by atoms with van der Waals surface area (Å²) in [6.07, 6.45) is 1.10. The lowest BCUT2D eigenvalue weighted by Crippen LogP contribution is -2.32.